The summed E-state index contributed by atoms with van der Waals surface area (Å²) in [5.74, 6) is 2.48. The number of rotatable bonds is 15. The topological polar surface area (TPSA) is 165 Å². The number of methoxy groups -OCH3 is 4. The predicted octanol–water partition coefficient (Wildman–Crippen LogP) is 5.70. The smallest absolute Gasteiger partial charge is 0.257 e. The summed E-state index contributed by atoms with van der Waals surface area (Å²) < 4.78 is 22.4. The Morgan fingerprint density at radius 1 is 0.627 bits per heavy atom. The number of carbonyl (C=O) groups excluding carboxylic acids is 4. The van der Waals surface area contributed by atoms with Gasteiger partial charge in [-0.25, -0.2) is 4.99 Å². The molecule has 324 valence electrons. The Labute approximate surface area is 350 Å². The lowest BCUT2D eigenvalue weighted by Crippen LogP contribution is -2.40. The van der Waals surface area contributed by atoms with Gasteiger partial charge in [-0.1, -0.05) is 0 Å². The van der Waals surface area contributed by atoms with E-state index >= 15 is 0 Å². The Balaban J connectivity index is 1.19. The number of nitrogens with zero attached hydrogens (tertiary/aromatic N) is 4. The fourth-order valence-electron chi connectivity index (χ4n) is 8.91. The molecule has 2 saturated carbocycles. The number of likely N-dealkylation sites (tertiary alicyclic amines) is 1. The van der Waals surface area contributed by atoms with Crippen LogP contribution in [0.2, 0.25) is 0 Å². The zero-order valence-corrected chi connectivity index (χ0v) is 36.4. The minimum absolute atomic E-state index is 0.0406. The number of guanidine groups is 1. The highest BCUT2D eigenvalue weighted by molar-refractivity contribution is 6.05. The van der Waals surface area contributed by atoms with Crippen LogP contribution in [0.1, 0.15) is 118 Å². The molecule has 2 aliphatic carbocycles. The molecule has 2 aromatic rings. The predicted molar refractivity (Wildman–Crippen MR) is 228 cm³/mol. The molecule has 1 saturated heterocycles. The molecule has 0 atom stereocenters. The number of ether oxygens (including phenoxy) is 4. The lowest BCUT2D eigenvalue weighted by Gasteiger charge is -2.32. The molecule has 2 amide bonds. The van der Waals surface area contributed by atoms with E-state index in [0.717, 1.165) is 57.3 Å². The van der Waals surface area contributed by atoms with E-state index in [1.165, 1.54) is 28.4 Å². The van der Waals surface area contributed by atoms with Crippen molar-refractivity contribution in [3.8, 4) is 23.0 Å². The van der Waals surface area contributed by atoms with Gasteiger partial charge >= 0.3 is 0 Å². The van der Waals surface area contributed by atoms with Gasteiger partial charge in [-0.3, -0.25) is 19.2 Å². The molecule has 59 heavy (non-hydrogen) atoms. The van der Waals surface area contributed by atoms with Gasteiger partial charge in [-0.15, -0.1) is 0 Å². The summed E-state index contributed by atoms with van der Waals surface area (Å²) in [6, 6.07) is 6.60. The molecule has 3 N–H and O–H groups in total. The van der Waals surface area contributed by atoms with Crippen LogP contribution in [0.4, 0.5) is 0 Å². The van der Waals surface area contributed by atoms with Crippen molar-refractivity contribution in [3.63, 3.8) is 0 Å². The number of amides is 2. The maximum absolute atomic E-state index is 13.9. The first-order valence-corrected chi connectivity index (χ1v) is 21.1. The van der Waals surface area contributed by atoms with Crippen molar-refractivity contribution >= 4 is 29.3 Å². The quantitative estimate of drug-likeness (QED) is 0.129. The minimum Gasteiger partial charge on any atom is -0.496 e. The van der Waals surface area contributed by atoms with Crippen LogP contribution in [0.25, 0.3) is 0 Å². The molecule has 0 spiro atoms. The summed E-state index contributed by atoms with van der Waals surface area (Å²) in [4.78, 5) is 65.8. The summed E-state index contributed by atoms with van der Waals surface area (Å²) in [6.45, 7) is 1.80. The lowest BCUT2D eigenvalue weighted by atomic mass is 9.81. The van der Waals surface area contributed by atoms with Crippen LogP contribution in [0.15, 0.2) is 29.3 Å². The number of aliphatic imine (C=N–C) groups is 1. The van der Waals surface area contributed by atoms with Crippen molar-refractivity contribution < 1.29 is 38.1 Å². The van der Waals surface area contributed by atoms with Gasteiger partial charge in [-0.05, 0) is 101 Å². The second kappa shape index (κ2) is 20.9. The maximum Gasteiger partial charge on any atom is 0.257 e. The number of nitrogens with two attached hydrogens (primary N) is 1. The number of Topliss-reactive ketones (excluding diaryl/α,β-unsaturated/α-hetero) is 2. The normalized spacial score (nSPS) is 20.9. The van der Waals surface area contributed by atoms with Crippen LogP contribution in [0, 0.1) is 17.8 Å². The van der Waals surface area contributed by atoms with Crippen molar-refractivity contribution in [1.29, 1.82) is 0 Å². The molecular weight excluding hydrogens is 753 g/mol. The summed E-state index contributed by atoms with van der Waals surface area (Å²) in [7, 11) is 14.0. The van der Waals surface area contributed by atoms with Gasteiger partial charge in [0.15, 0.2) is 17.5 Å². The number of hydrogen-bond donors (Lipinski definition) is 2. The zero-order chi connectivity index (χ0) is 42.8. The molecule has 3 fully saturated rings. The number of nitrogens with one attached hydrogen (secondary N) is 1. The first kappa shape index (κ1) is 45.2. The summed E-state index contributed by atoms with van der Waals surface area (Å²) in [5.41, 5.74) is 7.22. The van der Waals surface area contributed by atoms with Gasteiger partial charge in [0, 0.05) is 72.3 Å². The Kier molecular flexibility index (Phi) is 16.0. The number of piperidine rings is 1. The number of benzene rings is 2. The van der Waals surface area contributed by atoms with Gasteiger partial charge in [0.25, 0.3) is 11.8 Å². The standard InChI is InChI=1S/C45H66N6O8/c1-49(2)45(50(3)4)48-32-15-11-29(12-16-32)22-38(53)34-23-33(39(56-5)25-40(34)57-6)37(52)21-28-9-13-31(14-10-28)47-43(54)35-24-36(42(59-8)26-41(35)58-7)44(55)51-19-17-30(27-46)18-20-51/h23-26,28-32H,9-22,27,46H2,1-8H3,(H,47,54). The second-order valence-corrected chi connectivity index (χ2v) is 16.8. The monoisotopic (exact) mass is 818 g/mol. The third-order valence-corrected chi connectivity index (χ3v) is 12.4. The van der Waals surface area contributed by atoms with Crippen molar-refractivity contribution in [2.75, 3.05) is 76.3 Å². The molecule has 14 nitrogen and oxygen atoms in total. The van der Waals surface area contributed by atoms with E-state index in [9.17, 15) is 19.2 Å². The molecule has 0 radical (unpaired) electrons. The van der Waals surface area contributed by atoms with Crippen molar-refractivity contribution in [3.05, 3.63) is 46.5 Å². The van der Waals surface area contributed by atoms with Crippen LogP contribution in [0.3, 0.4) is 0 Å². The fraction of sp³-hybridized carbons (Fsp3) is 0.622. The molecule has 3 aliphatic rings. The fourth-order valence-corrected chi connectivity index (χ4v) is 8.91. The van der Waals surface area contributed by atoms with Crippen LogP contribution < -0.4 is 30.0 Å². The van der Waals surface area contributed by atoms with E-state index in [1.54, 1.807) is 29.2 Å². The molecule has 14 heteroatoms. The first-order valence-electron chi connectivity index (χ1n) is 21.1. The summed E-state index contributed by atoms with van der Waals surface area (Å²) >= 11 is 0. The zero-order valence-electron chi connectivity index (χ0n) is 36.4. The lowest BCUT2D eigenvalue weighted by molar-refractivity contribution is 0.0689. The highest BCUT2D eigenvalue weighted by atomic mass is 16.5. The average molecular weight is 819 g/mol. The number of carbonyl (C=O) groups is 4. The number of hydrogen-bond acceptors (Lipinski definition) is 10. The highest BCUT2D eigenvalue weighted by Crippen LogP contribution is 2.37. The van der Waals surface area contributed by atoms with E-state index in [1.807, 2.05) is 38.0 Å². The molecule has 0 unspecified atom stereocenters. The third kappa shape index (κ3) is 11.3. The molecular formula is C45H66N6O8. The van der Waals surface area contributed by atoms with Crippen LogP contribution in [-0.2, 0) is 0 Å². The minimum atomic E-state index is -0.329. The van der Waals surface area contributed by atoms with Gasteiger partial charge in [0.2, 0.25) is 0 Å². The second-order valence-electron chi connectivity index (χ2n) is 16.8. The van der Waals surface area contributed by atoms with E-state index in [0.29, 0.717) is 90.9 Å². The molecule has 5 rings (SSSR count). The summed E-state index contributed by atoms with van der Waals surface area (Å²) in [5, 5.41) is 3.15. The van der Waals surface area contributed by atoms with Gasteiger partial charge in [0.1, 0.15) is 23.0 Å². The Bertz CT molecular complexity index is 1810. The number of ketones is 2. The Hall–Kier alpha value is -4.85. The third-order valence-electron chi connectivity index (χ3n) is 12.4. The molecule has 1 heterocycles. The maximum atomic E-state index is 13.9. The van der Waals surface area contributed by atoms with E-state index in [2.05, 4.69) is 5.32 Å². The van der Waals surface area contributed by atoms with E-state index in [-0.39, 0.29) is 52.9 Å². The van der Waals surface area contributed by atoms with Crippen LogP contribution >= 0.6 is 0 Å². The molecule has 0 aromatic heterocycles. The largest absolute Gasteiger partial charge is 0.496 e. The molecule has 1 aliphatic heterocycles. The van der Waals surface area contributed by atoms with Crippen LogP contribution in [-0.4, -0.2) is 132 Å². The van der Waals surface area contributed by atoms with Gasteiger partial charge in [-0.2, -0.15) is 0 Å². The van der Waals surface area contributed by atoms with Crippen molar-refractivity contribution in [2.24, 2.45) is 28.5 Å². The average Bonchev–Trinajstić information content (AvgIpc) is 3.25. The molecule has 2 aromatic carbocycles. The first-order chi connectivity index (χ1) is 28.3. The van der Waals surface area contributed by atoms with E-state index < -0.39 is 0 Å². The van der Waals surface area contributed by atoms with Crippen LogP contribution in [0.5, 0.6) is 23.0 Å². The SMILES string of the molecule is COc1cc(OC)c(C(=O)CC2CCC(NC(=O)c3cc(C(=O)N4CCC(CN)CC4)c(OC)cc3OC)CC2)cc1C(=O)CC1CCC(N=C(N(C)C)N(C)C)CC1. The van der Waals surface area contributed by atoms with Gasteiger partial charge in [0.05, 0.1) is 56.7 Å². The Morgan fingerprint density at radius 3 is 1.53 bits per heavy atom. The van der Waals surface area contributed by atoms with Gasteiger partial charge < -0.3 is 44.7 Å². The van der Waals surface area contributed by atoms with Crippen molar-refractivity contribution in [1.82, 2.24) is 20.0 Å². The molecule has 0 bridgehead atoms. The van der Waals surface area contributed by atoms with E-state index in [4.69, 9.17) is 29.7 Å². The Morgan fingerprint density at radius 2 is 1.07 bits per heavy atom. The summed E-state index contributed by atoms with van der Waals surface area (Å²) in [6.07, 6.45) is 8.86. The highest BCUT2D eigenvalue weighted by Gasteiger charge is 2.31. The van der Waals surface area contributed by atoms with Crippen molar-refractivity contribution in [2.45, 2.75) is 89.1 Å².